The van der Waals surface area contributed by atoms with Gasteiger partial charge in [0.05, 0.1) is 4.90 Å². The smallest absolute Gasteiger partial charge is 0.246 e. The molecule has 7 nitrogen and oxygen atoms in total. The molecule has 1 aliphatic rings. The minimum atomic E-state index is -3.53. The van der Waals surface area contributed by atoms with E-state index in [0.29, 0.717) is 24.6 Å². The van der Waals surface area contributed by atoms with Crippen molar-refractivity contribution in [3.63, 3.8) is 0 Å². The lowest BCUT2D eigenvalue weighted by Crippen LogP contribution is -2.50. The first-order valence-corrected chi connectivity index (χ1v) is 10.4. The van der Waals surface area contributed by atoms with E-state index in [1.165, 1.54) is 16.5 Å². The van der Waals surface area contributed by atoms with Crippen LogP contribution in [0.1, 0.15) is 5.89 Å². The molecule has 28 heavy (non-hydrogen) atoms. The molecule has 0 unspecified atom stereocenters. The van der Waals surface area contributed by atoms with Gasteiger partial charge in [-0.1, -0.05) is 30.3 Å². The Morgan fingerprint density at radius 2 is 1.64 bits per heavy atom. The second-order valence-corrected chi connectivity index (χ2v) is 8.33. The molecule has 8 heteroatoms. The van der Waals surface area contributed by atoms with Gasteiger partial charge in [-0.05, 0) is 24.3 Å². The van der Waals surface area contributed by atoms with E-state index in [1.54, 1.807) is 35.2 Å². The fourth-order valence-corrected chi connectivity index (χ4v) is 4.54. The van der Waals surface area contributed by atoms with E-state index in [4.69, 9.17) is 4.42 Å². The molecule has 1 fully saturated rings. The van der Waals surface area contributed by atoms with Crippen LogP contribution in [0.5, 0.6) is 0 Å². The molecule has 0 bridgehead atoms. The van der Waals surface area contributed by atoms with Gasteiger partial charge in [-0.25, -0.2) is 13.4 Å². The standard InChI is InChI=1S/C20H19N3O4S/c24-20(11-10-19-21-17-8-4-5-9-18(17)27-19)22-12-14-23(15-13-22)28(25,26)16-6-2-1-3-7-16/h1-11H,12-15H2/b11-10+. The number of hydrogen-bond acceptors (Lipinski definition) is 5. The molecule has 1 aromatic heterocycles. The van der Waals surface area contributed by atoms with Crippen molar-refractivity contribution >= 4 is 33.1 Å². The Morgan fingerprint density at radius 1 is 0.964 bits per heavy atom. The Morgan fingerprint density at radius 3 is 2.36 bits per heavy atom. The number of piperazine rings is 1. The zero-order valence-corrected chi connectivity index (χ0v) is 15.9. The minimum absolute atomic E-state index is 0.195. The van der Waals surface area contributed by atoms with Crippen LogP contribution in [0.2, 0.25) is 0 Å². The number of fused-ring (bicyclic) bond motifs is 1. The van der Waals surface area contributed by atoms with E-state index in [-0.39, 0.29) is 23.9 Å². The molecule has 3 aromatic rings. The van der Waals surface area contributed by atoms with Crippen molar-refractivity contribution in [3.05, 3.63) is 66.6 Å². The second-order valence-electron chi connectivity index (χ2n) is 6.40. The minimum Gasteiger partial charge on any atom is -0.437 e. The largest absolute Gasteiger partial charge is 0.437 e. The van der Waals surface area contributed by atoms with Crippen LogP contribution in [0.3, 0.4) is 0 Å². The lowest BCUT2D eigenvalue weighted by atomic mass is 10.3. The molecule has 2 heterocycles. The monoisotopic (exact) mass is 397 g/mol. The van der Waals surface area contributed by atoms with Crippen LogP contribution in [-0.2, 0) is 14.8 Å². The van der Waals surface area contributed by atoms with Crippen molar-refractivity contribution in [2.45, 2.75) is 4.90 Å². The van der Waals surface area contributed by atoms with Crippen molar-refractivity contribution in [3.8, 4) is 0 Å². The molecule has 2 aromatic carbocycles. The number of carbonyl (C=O) groups is 1. The first-order chi connectivity index (χ1) is 13.5. The Hall–Kier alpha value is -2.97. The van der Waals surface area contributed by atoms with Gasteiger partial charge in [0.15, 0.2) is 5.58 Å². The molecule has 4 rings (SSSR count). The molecule has 0 radical (unpaired) electrons. The van der Waals surface area contributed by atoms with Crippen LogP contribution in [0, 0.1) is 0 Å². The highest BCUT2D eigenvalue weighted by molar-refractivity contribution is 7.89. The van der Waals surface area contributed by atoms with E-state index in [1.807, 2.05) is 24.3 Å². The lowest BCUT2D eigenvalue weighted by molar-refractivity contribution is -0.127. The summed E-state index contributed by atoms with van der Waals surface area (Å²) in [4.78, 5) is 18.6. The van der Waals surface area contributed by atoms with Gasteiger partial charge >= 0.3 is 0 Å². The zero-order chi connectivity index (χ0) is 19.6. The van der Waals surface area contributed by atoms with E-state index in [2.05, 4.69) is 4.98 Å². The molecule has 1 aliphatic heterocycles. The van der Waals surface area contributed by atoms with Crippen molar-refractivity contribution in [2.24, 2.45) is 0 Å². The summed E-state index contributed by atoms with van der Waals surface area (Å²) in [5.74, 6) is 0.166. The number of nitrogens with zero attached hydrogens (tertiary/aromatic N) is 3. The van der Waals surface area contributed by atoms with Gasteiger partial charge in [0.1, 0.15) is 5.52 Å². The third-order valence-corrected chi connectivity index (χ3v) is 6.52. The third-order valence-electron chi connectivity index (χ3n) is 4.61. The van der Waals surface area contributed by atoms with Crippen molar-refractivity contribution in [1.82, 2.24) is 14.2 Å². The Kier molecular flexibility index (Phi) is 4.97. The molecule has 0 saturated carbocycles. The Balaban J connectivity index is 1.38. The van der Waals surface area contributed by atoms with E-state index >= 15 is 0 Å². The highest BCUT2D eigenvalue weighted by Crippen LogP contribution is 2.18. The van der Waals surface area contributed by atoms with Crippen molar-refractivity contribution < 1.29 is 17.6 Å². The average molecular weight is 397 g/mol. The zero-order valence-electron chi connectivity index (χ0n) is 15.1. The molecule has 0 spiro atoms. The summed E-state index contributed by atoms with van der Waals surface area (Å²) >= 11 is 0. The van der Waals surface area contributed by atoms with E-state index < -0.39 is 10.0 Å². The summed E-state index contributed by atoms with van der Waals surface area (Å²) in [6, 6.07) is 15.7. The number of benzene rings is 2. The molecule has 1 saturated heterocycles. The van der Waals surface area contributed by atoms with Gasteiger partial charge in [0.25, 0.3) is 0 Å². The predicted molar refractivity (Wildman–Crippen MR) is 105 cm³/mol. The normalized spacial score (nSPS) is 16.1. The maximum atomic E-state index is 12.6. The van der Waals surface area contributed by atoms with Crippen LogP contribution in [-0.4, -0.2) is 54.7 Å². The lowest BCUT2D eigenvalue weighted by Gasteiger charge is -2.33. The fraction of sp³-hybridized carbons (Fsp3) is 0.200. The summed E-state index contributed by atoms with van der Waals surface area (Å²) in [5.41, 5.74) is 1.39. The van der Waals surface area contributed by atoms with Gasteiger partial charge in [-0.15, -0.1) is 0 Å². The Bertz CT molecular complexity index is 1080. The number of para-hydroxylation sites is 2. The van der Waals surface area contributed by atoms with E-state index in [9.17, 15) is 13.2 Å². The predicted octanol–water partition coefficient (Wildman–Crippen LogP) is 2.37. The number of hydrogen-bond donors (Lipinski definition) is 0. The number of aromatic nitrogens is 1. The highest BCUT2D eigenvalue weighted by Gasteiger charge is 2.29. The Labute approximate surface area is 162 Å². The van der Waals surface area contributed by atoms with E-state index in [0.717, 1.165) is 5.52 Å². The van der Waals surface area contributed by atoms with Crippen LogP contribution in [0.4, 0.5) is 0 Å². The molecular weight excluding hydrogens is 378 g/mol. The first-order valence-electron chi connectivity index (χ1n) is 8.92. The van der Waals surface area contributed by atoms with Crippen LogP contribution in [0.15, 0.2) is 70.0 Å². The molecule has 0 N–H and O–H groups in total. The summed E-state index contributed by atoms with van der Waals surface area (Å²) in [6.45, 7) is 1.20. The number of sulfonamides is 1. The molecule has 1 amide bonds. The topological polar surface area (TPSA) is 83.7 Å². The maximum Gasteiger partial charge on any atom is 0.246 e. The molecule has 0 aliphatic carbocycles. The van der Waals surface area contributed by atoms with Crippen LogP contribution >= 0.6 is 0 Å². The number of rotatable bonds is 4. The fourth-order valence-electron chi connectivity index (χ4n) is 3.10. The van der Waals surface area contributed by atoms with Gasteiger partial charge in [0, 0.05) is 38.3 Å². The maximum absolute atomic E-state index is 12.6. The molecule has 144 valence electrons. The van der Waals surface area contributed by atoms with Crippen LogP contribution < -0.4 is 0 Å². The first kappa shape index (κ1) is 18.4. The molecular formula is C20H19N3O4S. The summed E-state index contributed by atoms with van der Waals surface area (Å²) in [6.07, 6.45) is 2.95. The summed E-state index contributed by atoms with van der Waals surface area (Å²) in [5, 5.41) is 0. The second kappa shape index (κ2) is 7.57. The average Bonchev–Trinajstić information content (AvgIpc) is 3.16. The molecule has 0 atom stereocenters. The van der Waals surface area contributed by atoms with Gasteiger partial charge < -0.3 is 9.32 Å². The number of amides is 1. The number of oxazole rings is 1. The van der Waals surface area contributed by atoms with Crippen molar-refractivity contribution in [1.29, 1.82) is 0 Å². The quantitative estimate of drug-likeness (QED) is 0.631. The SMILES string of the molecule is O=C(/C=C/c1nc2ccccc2o1)N1CCN(S(=O)(=O)c2ccccc2)CC1. The third kappa shape index (κ3) is 3.69. The van der Waals surface area contributed by atoms with Gasteiger partial charge in [-0.2, -0.15) is 4.31 Å². The number of carbonyl (C=O) groups excluding carboxylic acids is 1. The van der Waals surface area contributed by atoms with Gasteiger partial charge in [0.2, 0.25) is 21.8 Å². The summed E-state index contributed by atoms with van der Waals surface area (Å²) < 4.78 is 32.3. The van der Waals surface area contributed by atoms with Crippen molar-refractivity contribution in [2.75, 3.05) is 26.2 Å². The highest BCUT2D eigenvalue weighted by atomic mass is 32.2. The summed E-state index contributed by atoms with van der Waals surface area (Å²) in [7, 11) is -3.53. The van der Waals surface area contributed by atoms with Gasteiger partial charge in [-0.3, -0.25) is 4.79 Å². The van der Waals surface area contributed by atoms with Crippen LogP contribution in [0.25, 0.3) is 17.2 Å².